The Balaban J connectivity index is 2.42. The van der Waals surface area contributed by atoms with Crippen LogP contribution < -0.4 is 0 Å². The van der Waals surface area contributed by atoms with Crippen LogP contribution in [0.1, 0.15) is 38.1 Å². The van der Waals surface area contributed by atoms with Gasteiger partial charge >= 0.3 is 0 Å². The molecule has 2 rings (SSSR count). The molecule has 0 aliphatic heterocycles. The lowest BCUT2D eigenvalue weighted by Crippen LogP contribution is -2.28. The van der Waals surface area contributed by atoms with Gasteiger partial charge in [-0.25, -0.2) is 0 Å². The van der Waals surface area contributed by atoms with Crippen LogP contribution in [0.25, 0.3) is 0 Å². The molecule has 0 fully saturated rings. The molecule has 0 radical (unpaired) electrons. The number of hydrogen-bond donors (Lipinski definition) is 0. The number of nitrogens with zero attached hydrogens (tertiary/aromatic N) is 1. The van der Waals surface area contributed by atoms with Crippen LogP contribution in [0.2, 0.25) is 0 Å². The number of hydrogen-bond acceptors (Lipinski definition) is 2. The summed E-state index contributed by atoms with van der Waals surface area (Å²) in [4.78, 5) is 15.0. The highest BCUT2D eigenvalue weighted by Crippen LogP contribution is 2.43. The Hall–Kier alpha value is -1.83. The predicted molar refractivity (Wildman–Crippen MR) is 92.7 cm³/mol. The van der Waals surface area contributed by atoms with Crippen LogP contribution in [0.15, 0.2) is 53.8 Å². The van der Waals surface area contributed by atoms with Crippen molar-refractivity contribution in [3.05, 3.63) is 59.3 Å². The summed E-state index contributed by atoms with van der Waals surface area (Å²) in [5, 5.41) is 0. The molecule has 1 aliphatic rings. The molecule has 0 N–H and O–H groups in total. The zero-order valence-corrected chi connectivity index (χ0v) is 14.6. The third kappa shape index (κ3) is 3.16. The Morgan fingerprint density at radius 2 is 1.73 bits per heavy atom. The lowest BCUT2D eigenvalue weighted by molar-refractivity contribution is 0.0938. The van der Waals surface area contributed by atoms with Crippen molar-refractivity contribution in [2.45, 2.75) is 27.7 Å². The van der Waals surface area contributed by atoms with E-state index in [9.17, 15) is 4.79 Å². The Morgan fingerprint density at radius 3 is 2.23 bits per heavy atom. The van der Waals surface area contributed by atoms with Gasteiger partial charge in [-0.15, -0.1) is 0 Å². The molecule has 1 aromatic rings. The van der Waals surface area contributed by atoms with Crippen LogP contribution in [-0.4, -0.2) is 24.8 Å². The monoisotopic (exact) mass is 297 g/mol. The molecule has 0 saturated carbocycles. The number of ketones is 1. The van der Waals surface area contributed by atoms with E-state index in [-0.39, 0.29) is 17.1 Å². The highest BCUT2D eigenvalue weighted by atomic mass is 16.1. The zero-order valence-electron chi connectivity index (χ0n) is 14.6. The minimum absolute atomic E-state index is 0.106. The van der Waals surface area contributed by atoms with Gasteiger partial charge in [0.15, 0.2) is 5.78 Å². The fourth-order valence-electron chi connectivity index (χ4n) is 3.19. The van der Waals surface area contributed by atoms with Crippen molar-refractivity contribution < 1.29 is 4.79 Å². The summed E-state index contributed by atoms with van der Waals surface area (Å²) in [5.41, 5.74) is 3.32. The maximum Gasteiger partial charge on any atom is 0.169 e. The first-order chi connectivity index (χ1) is 10.2. The third-order valence-electron chi connectivity index (χ3n) is 4.41. The summed E-state index contributed by atoms with van der Waals surface area (Å²) in [7, 11) is 4.09. The van der Waals surface area contributed by atoms with Crippen molar-refractivity contribution in [2.24, 2.45) is 17.3 Å². The van der Waals surface area contributed by atoms with E-state index in [1.54, 1.807) is 0 Å². The van der Waals surface area contributed by atoms with E-state index in [0.717, 1.165) is 5.56 Å². The normalized spacial score (nSPS) is 19.5. The first-order valence-electron chi connectivity index (χ1n) is 7.92. The third-order valence-corrected chi connectivity index (χ3v) is 4.41. The van der Waals surface area contributed by atoms with Gasteiger partial charge in [-0.05, 0) is 17.1 Å². The van der Waals surface area contributed by atoms with Crippen LogP contribution in [0.4, 0.5) is 0 Å². The van der Waals surface area contributed by atoms with Gasteiger partial charge in [0, 0.05) is 37.2 Å². The largest absolute Gasteiger partial charge is 0.378 e. The van der Waals surface area contributed by atoms with Crippen molar-refractivity contribution in [2.75, 3.05) is 14.1 Å². The molecular weight excluding hydrogens is 270 g/mol. The topological polar surface area (TPSA) is 20.3 Å². The van der Waals surface area contributed by atoms with Gasteiger partial charge in [-0.2, -0.15) is 0 Å². The molecule has 1 aromatic carbocycles. The minimum Gasteiger partial charge on any atom is -0.378 e. The summed E-state index contributed by atoms with van der Waals surface area (Å²) in [5.74, 6) is 0.388. The summed E-state index contributed by atoms with van der Waals surface area (Å²) in [6.07, 6.45) is 4.42. The fraction of sp³-hybridized carbons (Fsp3) is 0.450. The van der Waals surface area contributed by atoms with Crippen LogP contribution in [0.5, 0.6) is 0 Å². The summed E-state index contributed by atoms with van der Waals surface area (Å²) in [6, 6.07) is 9.61. The van der Waals surface area contributed by atoms with Crippen LogP contribution in [-0.2, 0) is 0 Å². The number of Topliss-reactive ketones (excluding diaryl/α,β-unsaturated/α-hetero) is 1. The molecule has 1 aliphatic carbocycles. The summed E-state index contributed by atoms with van der Waals surface area (Å²) < 4.78 is 0. The Labute approximate surface area is 134 Å². The number of rotatable bonds is 4. The van der Waals surface area contributed by atoms with Gasteiger partial charge in [-0.1, -0.05) is 64.1 Å². The molecule has 2 atom stereocenters. The van der Waals surface area contributed by atoms with Crippen molar-refractivity contribution in [1.29, 1.82) is 0 Å². The lowest BCUT2D eigenvalue weighted by atomic mass is 9.73. The van der Waals surface area contributed by atoms with Gasteiger partial charge < -0.3 is 4.90 Å². The van der Waals surface area contributed by atoms with E-state index < -0.39 is 0 Å². The molecule has 0 amide bonds. The number of carbonyl (C=O) groups excluding carboxylic acids is 1. The molecule has 0 bridgehead atoms. The van der Waals surface area contributed by atoms with E-state index >= 15 is 0 Å². The first-order valence-corrected chi connectivity index (χ1v) is 7.92. The number of carbonyl (C=O) groups is 1. The number of likely N-dealkylation sites (N-methyl/N-ethyl adjacent to an activating group) is 1. The predicted octanol–water partition coefficient (Wildman–Crippen LogP) is 4.55. The maximum absolute atomic E-state index is 12.9. The molecule has 0 saturated heterocycles. The van der Waals surface area contributed by atoms with Crippen LogP contribution in [0, 0.1) is 17.3 Å². The van der Waals surface area contributed by atoms with E-state index in [1.807, 2.05) is 51.4 Å². The quantitative estimate of drug-likeness (QED) is 0.760. The number of benzene rings is 1. The summed E-state index contributed by atoms with van der Waals surface area (Å²) in [6.45, 7) is 8.75. The molecule has 0 spiro atoms. The first kappa shape index (κ1) is 16.5. The molecule has 2 heteroatoms. The summed E-state index contributed by atoms with van der Waals surface area (Å²) >= 11 is 0. The van der Waals surface area contributed by atoms with E-state index in [4.69, 9.17) is 0 Å². The standard InChI is InChI=1S/C20H27NO/c1-14(19(22)15-10-8-7-9-11-15)18-16(20(2,3)4)12-13-17(18)21(5)6/h7-14,16H,1-6H3. The molecule has 2 nitrogen and oxygen atoms in total. The van der Waals surface area contributed by atoms with Crippen LogP contribution in [0.3, 0.4) is 0 Å². The SMILES string of the molecule is CC(C(=O)c1ccccc1)C1=C(N(C)C)C=CC1C(C)(C)C. The average molecular weight is 297 g/mol. The number of allylic oxidation sites excluding steroid dienone is 3. The smallest absolute Gasteiger partial charge is 0.169 e. The van der Waals surface area contributed by atoms with Gasteiger partial charge in [0.05, 0.1) is 0 Å². The van der Waals surface area contributed by atoms with E-state index in [0.29, 0.717) is 5.92 Å². The molecule has 0 aromatic heterocycles. The van der Waals surface area contributed by atoms with Crippen molar-refractivity contribution in [3.8, 4) is 0 Å². The highest BCUT2D eigenvalue weighted by Gasteiger charge is 2.36. The van der Waals surface area contributed by atoms with Gasteiger partial charge in [-0.3, -0.25) is 4.79 Å². The van der Waals surface area contributed by atoms with Crippen LogP contribution >= 0.6 is 0 Å². The molecule has 2 unspecified atom stereocenters. The van der Waals surface area contributed by atoms with E-state index in [2.05, 4.69) is 37.8 Å². The average Bonchev–Trinajstić information content (AvgIpc) is 2.91. The minimum atomic E-state index is -0.112. The van der Waals surface area contributed by atoms with Gasteiger partial charge in [0.1, 0.15) is 0 Å². The molecular formula is C20H27NO. The Morgan fingerprint density at radius 1 is 1.14 bits per heavy atom. The zero-order chi connectivity index (χ0) is 16.5. The molecule has 22 heavy (non-hydrogen) atoms. The van der Waals surface area contributed by atoms with Crippen molar-refractivity contribution >= 4 is 5.78 Å². The maximum atomic E-state index is 12.9. The second kappa shape index (κ2) is 6.12. The van der Waals surface area contributed by atoms with Gasteiger partial charge in [0.2, 0.25) is 0 Å². The molecule has 0 heterocycles. The van der Waals surface area contributed by atoms with E-state index in [1.165, 1.54) is 11.3 Å². The Bertz CT molecular complexity index is 602. The molecule has 118 valence electrons. The van der Waals surface area contributed by atoms with Crippen molar-refractivity contribution in [3.63, 3.8) is 0 Å². The lowest BCUT2D eigenvalue weighted by Gasteiger charge is -2.32. The van der Waals surface area contributed by atoms with Crippen molar-refractivity contribution in [1.82, 2.24) is 4.90 Å². The Kier molecular flexibility index (Phi) is 4.60. The highest BCUT2D eigenvalue weighted by molar-refractivity contribution is 5.99. The fourth-order valence-corrected chi connectivity index (χ4v) is 3.19. The van der Waals surface area contributed by atoms with Gasteiger partial charge in [0.25, 0.3) is 0 Å². The second-order valence-electron chi connectivity index (χ2n) is 7.39. The second-order valence-corrected chi connectivity index (χ2v) is 7.39.